The number of aromatic hydroxyl groups is 1. The minimum absolute atomic E-state index is 0.0598. The number of nitrogens with zero attached hydrogens (tertiary/aromatic N) is 2. The third kappa shape index (κ3) is 4.70. The Balaban J connectivity index is 1.87. The summed E-state index contributed by atoms with van der Waals surface area (Å²) in [7, 11) is 1.59. The lowest BCUT2D eigenvalue weighted by Crippen LogP contribution is -2.01. The molecule has 0 saturated carbocycles. The van der Waals surface area contributed by atoms with E-state index in [0.29, 0.717) is 24.5 Å². The average Bonchev–Trinajstić information content (AvgIpc) is 2.56. The number of non-ortho nitro benzene ring substituents is 1. The van der Waals surface area contributed by atoms with E-state index >= 15 is 0 Å². The van der Waals surface area contributed by atoms with Crippen LogP contribution in [0, 0.1) is 10.1 Å². The molecular weight excluding hydrogens is 300 g/mol. The lowest BCUT2D eigenvalue weighted by molar-refractivity contribution is -0.384. The van der Waals surface area contributed by atoms with Gasteiger partial charge in [0.05, 0.1) is 18.6 Å². The summed E-state index contributed by atoms with van der Waals surface area (Å²) >= 11 is 0. The fourth-order valence-corrected chi connectivity index (χ4v) is 1.81. The van der Waals surface area contributed by atoms with E-state index in [1.54, 1.807) is 31.4 Å². The fraction of sp³-hybridized carbons (Fsp3) is 0.188. The largest absolute Gasteiger partial charge is 0.507 e. The molecule has 7 heteroatoms. The summed E-state index contributed by atoms with van der Waals surface area (Å²) in [6.07, 6.45) is 1.39. The number of hydrogen-bond donors (Lipinski definition) is 1. The average molecular weight is 316 g/mol. The second-order valence-electron chi connectivity index (χ2n) is 4.56. The van der Waals surface area contributed by atoms with Gasteiger partial charge in [0.15, 0.2) is 0 Å². The van der Waals surface area contributed by atoms with Crippen molar-refractivity contribution in [2.75, 3.05) is 20.3 Å². The van der Waals surface area contributed by atoms with Crippen molar-refractivity contribution in [3.8, 4) is 17.2 Å². The van der Waals surface area contributed by atoms with Gasteiger partial charge in [-0.1, -0.05) is 0 Å². The van der Waals surface area contributed by atoms with Crippen molar-refractivity contribution in [3.63, 3.8) is 0 Å². The van der Waals surface area contributed by atoms with Gasteiger partial charge in [-0.3, -0.25) is 15.1 Å². The predicted molar refractivity (Wildman–Crippen MR) is 85.7 cm³/mol. The van der Waals surface area contributed by atoms with E-state index in [-0.39, 0.29) is 11.4 Å². The molecule has 0 spiro atoms. The van der Waals surface area contributed by atoms with E-state index in [0.717, 1.165) is 5.75 Å². The maximum atomic E-state index is 10.7. The van der Waals surface area contributed by atoms with Gasteiger partial charge in [-0.25, -0.2) is 0 Å². The van der Waals surface area contributed by atoms with Crippen LogP contribution in [0.4, 0.5) is 5.69 Å². The van der Waals surface area contributed by atoms with Crippen molar-refractivity contribution < 1.29 is 19.5 Å². The van der Waals surface area contributed by atoms with Gasteiger partial charge in [0, 0.05) is 23.9 Å². The van der Waals surface area contributed by atoms with Crippen LogP contribution >= 0.6 is 0 Å². The van der Waals surface area contributed by atoms with Crippen molar-refractivity contribution in [2.24, 2.45) is 4.99 Å². The van der Waals surface area contributed by atoms with E-state index < -0.39 is 4.92 Å². The molecule has 2 aromatic rings. The standard InChI is InChI=1S/C16H16N2O5/c1-22-14-3-5-15(6-4-14)23-9-8-17-11-12-10-13(18(20)21)2-7-16(12)19/h2-7,10-11,19H,8-9H2,1H3. The molecule has 0 amide bonds. The monoisotopic (exact) mass is 316 g/mol. The number of aliphatic imine (C=N–C) groups is 1. The number of phenolic OH excluding ortho intramolecular Hbond substituents is 1. The van der Waals surface area contributed by atoms with Crippen LogP contribution < -0.4 is 9.47 Å². The lowest BCUT2D eigenvalue weighted by Gasteiger charge is -2.05. The molecule has 0 aromatic heterocycles. The second-order valence-corrected chi connectivity index (χ2v) is 4.56. The van der Waals surface area contributed by atoms with Crippen molar-refractivity contribution in [3.05, 3.63) is 58.1 Å². The molecule has 0 aliphatic heterocycles. The van der Waals surface area contributed by atoms with Gasteiger partial charge >= 0.3 is 0 Å². The number of ether oxygens (including phenoxy) is 2. The molecule has 7 nitrogen and oxygen atoms in total. The van der Waals surface area contributed by atoms with Crippen molar-refractivity contribution in [1.82, 2.24) is 0 Å². The first-order valence-corrected chi connectivity index (χ1v) is 6.84. The summed E-state index contributed by atoms with van der Waals surface area (Å²) < 4.78 is 10.5. The minimum Gasteiger partial charge on any atom is -0.507 e. The highest BCUT2D eigenvalue weighted by molar-refractivity contribution is 5.84. The van der Waals surface area contributed by atoms with Crippen LogP contribution in [-0.4, -0.2) is 36.5 Å². The summed E-state index contributed by atoms with van der Waals surface area (Å²) in [6.45, 7) is 0.701. The van der Waals surface area contributed by atoms with Crippen molar-refractivity contribution in [2.45, 2.75) is 0 Å². The fourth-order valence-electron chi connectivity index (χ4n) is 1.81. The zero-order chi connectivity index (χ0) is 16.7. The summed E-state index contributed by atoms with van der Waals surface area (Å²) in [5.74, 6) is 1.38. The molecular formula is C16H16N2O5. The van der Waals surface area contributed by atoms with Crippen LogP contribution in [0.25, 0.3) is 0 Å². The Labute approximate surface area is 133 Å². The molecule has 0 aliphatic carbocycles. The maximum Gasteiger partial charge on any atom is 0.270 e. The Morgan fingerprint density at radius 3 is 2.57 bits per heavy atom. The Morgan fingerprint density at radius 2 is 1.91 bits per heavy atom. The molecule has 0 radical (unpaired) electrons. The van der Waals surface area contributed by atoms with Gasteiger partial charge < -0.3 is 14.6 Å². The molecule has 0 atom stereocenters. The van der Waals surface area contributed by atoms with Crippen LogP contribution in [0.2, 0.25) is 0 Å². The van der Waals surface area contributed by atoms with Gasteiger partial charge in [0.25, 0.3) is 5.69 Å². The number of rotatable bonds is 7. The first kappa shape index (κ1) is 16.3. The summed E-state index contributed by atoms with van der Waals surface area (Å²) in [4.78, 5) is 14.3. The zero-order valence-electron chi connectivity index (χ0n) is 12.5. The highest BCUT2D eigenvalue weighted by atomic mass is 16.6. The molecule has 0 fully saturated rings. The van der Waals surface area contributed by atoms with Gasteiger partial charge in [-0.05, 0) is 30.3 Å². The molecule has 23 heavy (non-hydrogen) atoms. The van der Waals surface area contributed by atoms with Gasteiger partial charge in [-0.2, -0.15) is 0 Å². The zero-order valence-corrected chi connectivity index (χ0v) is 12.5. The molecule has 2 rings (SSSR count). The van der Waals surface area contributed by atoms with Crippen molar-refractivity contribution in [1.29, 1.82) is 0 Å². The molecule has 0 aliphatic rings. The smallest absolute Gasteiger partial charge is 0.270 e. The van der Waals surface area contributed by atoms with Crippen LogP contribution in [0.15, 0.2) is 47.5 Å². The summed E-state index contributed by atoms with van der Waals surface area (Å²) in [6, 6.07) is 10.9. The number of benzene rings is 2. The number of methoxy groups -OCH3 is 1. The Morgan fingerprint density at radius 1 is 1.22 bits per heavy atom. The molecule has 0 saturated heterocycles. The van der Waals surface area contributed by atoms with Crippen molar-refractivity contribution >= 4 is 11.9 Å². The van der Waals surface area contributed by atoms with Crippen LogP contribution in [-0.2, 0) is 0 Å². The number of phenols is 1. The van der Waals surface area contributed by atoms with E-state index in [1.807, 2.05) is 0 Å². The molecule has 1 N–H and O–H groups in total. The Kier molecular flexibility index (Phi) is 5.51. The van der Waals surface area contributed by atoms with Crippen LogP contribution in [0.1, 0.15) is 5.56 Å². The first-order valence-electron chi connectivity index (χ1n) is 6.84. The van der Waals surface area contributed by atoms with E-state index in [2.05, 4.69) is 4.99 Å². The quantitative estimate of drug-likeness (QED) is 0.367. The van der Waals surface area contributed by atoms with E-state index in [9.17, 15) is 15.2 Å². The molecule has 2 aromatic carbocycles. The Bertz CT molecular complexity index is 698. The molecule has 120 valence electrons. The van der Waals surface area contributed by atoms with Crippen LogP contribution in [0.5, 0.6) is 17.2 Å². The first-order chi connectivity index (χ1) is 11.1. The van der Waals surface area contributed by atoms with Gasteiger partial charge in [-0.15, -0.1) is 0 Å². The van der Waals surface area contributed by atoms with Gasteiger partial charge in [0.1, 0.15) is 23.9 Å². The lowest BCUT2D eigenvalue weighted by atomic mass is 10.2. The Hall–Kier alpha value is -3.09. The number of nitro benzene ring substituents is 1. The van der Waals surface area contributed by atoms with Crippen LogP contribution in [0.3, 0.4) is 0 Å². The molecule has 0 bridgehead atoms. The molecule has 0 heterocycles. The summed E-state index contributed by atoms with van der Waals surface area (Å²) in [5.41, 5.74) is 0.197. The van der Waals surface area contributed by atoms with E-state index in [4.69, 9.17) is 9.47 Å². The van der Waals surface area contributed by atoms with Gasteiger partial charge in [0.2, 0.25) is 0 Å². The predicted octanol–water partition coefficient (Wildman–Crippen LogP) is 2.81. The topological polar surface area (TPSA) is 94.2 Å². The summed E-state index contributed by atoms with van der Waals surface area (Å²) in [5, 5.41) is 20.3. The highest BCUT2D eigenvalue weighted by Crippen LogP contribution is 2.21. The van der Waals surface area contributed by atoms with E-state index in [1.165, 1.54) is 24.4 Å². The third-order valence-electron chi connectivity index (χ3n) is 3.00. The number of hydrogen-bond acceptors (Lipinski definition) is 6. The highest BCUT2D eigenvalue weighted by Gasteiger charge is 2.08. The molecule has 0 unspecified atom stereocenters. The maximum absolute atomic E-state index is 10.7. The second kappa shape index (κ2) is 7.79. The SMILES string of the molecule is COc1ccc(OCCN=Cc2cc([N+](=O)[O-])ccc2O)cc1. The number of nitro groups is 1. The normalized spacial score (nSPS) is 10.7. The minimum atomic E-state index is -0.524. The third-order valence-corrected chi connectivity index (χ3v) is 3.00.